The third-order valence-electron chi connectivity index (χ3n) is 7.25. The van der Waals surface area contributed by atoms with Crippen LogP contribution in [0.25, 0.3) is 0 Å². The molecule has 8 nitrogen and oxygen atoms in total. The highest BCUT2D eigenvalue weighted by Crippen LogP contribution is 2.42. The van der Waals surface area contributed by atoms with E-state index in [-0.39, 0.29) is 28.8 Å². The molecule has 0 saturated carbocycles. The first-order valence-electron chi connectivity index (χ1n) is 13.1. The molecular formula is C31H25ClN4O4S2. The summed E-state index contributed by atoms with van der Waals surface area (Å²) in [6.45, 7) is 0. The Morgan fingerprint density at radius 1 is 0.952 bits per heavy atom. The lowest BCUT2D eigenvalue weighted by Crippen LogP contribution is -2.70. The van der Waals surface area contributed by atoms with Gasteiger partial charge >= 0.3 is 5.97 Å². The molecule has 1 saturated heterocycles. The van der Waals surface area contributed by atoms with Gasteiger partial charge in [0.15, 0.2) is 5.13 Å². The summed E-state index contributed by atoms with van der Waals surface area (Å²) >= 11 is 8.76. The largest absolute Gasteiger partial charge is 0.477 e. The highest BCUT2D eigenvalue weighted by Gasteiger charge is 2.54. The third-order valence-corrected chi connectivity index (χ3v) is 9.81. The Balaban J connectivity index is 1.23. The smallest absolute Gasteiger partial charge is 0.353 e. The van der Waals surface area contributed by atoms with Gasteiger partial charge < -0.3 is 15.7 Å². The zero-order chi connectivity index (χ0) is 29.3. The van der Waals surface area contributed by atoms with Crippen LogP contribution in [0.15, 0.2) is 107 Å². The van der Waals surface area contributed by atoms with Crippen molar-refractivity contribution in [3.8, 4) is 0 Å². The molecule has 0 unspecified atom stereocenters. The molecule has 4 aromatic rings. The van der Waals surface area contributed by atoms with Crippen molar-refractivity contribution in [3.63, 3.8) is 0 Å². The van der Waals surface area contributed by atoms with Gasteiger partial charge in [0.25, 0.3) is 5.91 Å². The summed E-state index contributed by atoms with van der Waals surface area (Å²) in [5.41, 5.74) is 2.68. The first-order valence-corrected chi connectivity index (χ1v) is 15.4. The number of thiazole rings is 1. The molecular weight excluding hydrogens is 592 g/mol. The fourth-order valence-electron chi connectivity index (χ4n) is 5.36. The highest BCUT2D eigenvalue weighted by molar-refractivity contribution is 8.00. The Morgan fingerprint density at radius 2 is 1.50 bits per heavy atom. The number of rotatable bonds is 9. The van der Waals surface area contributed by atoms with E-state index >= 15 is 0 Å². The van der Waals surface area contributed by atoms with Crippen LogP contribution < -0.4 is 10.6 Å². The van der Waals surface area contributed by atoms with E-state index in [1.165, 1.54) is 23.1 Å². The number of nitrogens with zero attached hydrogens (tertiary/aromatic N) is 2. The number of hydrogen-bond acceptors (Lipinski definition) is 7. The van der Waals surface area contributed by atoms with E-state index in [0.29, 0.717) is 10.8 Å². The molecule has 11 heteroatoms. The Morgan fingerprint density at radius 3 is 2.02 bits per heavy atom. The predicted molar refractivity (Wildman–Crippen MR) is 164 cm³/mol. The van der Waals surface area contributed by atoms with Crippen LogP contribution in [0, 0.1) is 0 Å². The van der Waals surface area contributed by atoms with Gasteiger partial charge in [0.1, 0.15) is 22.7 Å². The zero-order valence-electron chi connectivity index (χ0n) is 22.1. The van der Waals surface area contributed by atoms with E-state index < -0.39 is 28.8 Å². The molecule has 3 N–H and O–H groups in total. The maximum atomic E-state index is 13.0. The fraction of sp³-hybridized carbons (Fsp3) is 0.161. The minimum Gasteiger partial charge on any atom is -0.477 e. The van der Waals surface area contributed by atoms with Crippen molar-refractivity contribution in [1.29, 1.82) is 0 Å². The molecule has 42 heavy (non-hydrogen) atoms. The number of carbonyl (C=O) groups is 3. The van der Waals surface area contributed by atoms with Crippen LogP contribution >= 0.6 is 34.7 Å². The summed E-state index contributed by atoms with van der Waals surface area (Å²) in [4.78, 5) is 43.2. The summed E-state index contributed by atoms with van der Waals surface area (Å²) in [7, 11) is 0. The second-order valence-corrected chi connectivity index (χ2v) is 12.2. The van der Waals surface area contributed by atoms with Gasteiger partial charge in [0, 0.05) is 11.1 Å². The van der Waals surface area contributed by atoms with Crippen LogP contribution in [0.1, 0.15) is 22.4 Å². The van der Waals surface area contributed by atoms with Gasteiger partial charge in [-0.25, -0.2) is 9.78 Å². The molecule has 0 spiro atoms. The summed E-state index contributed by atoms with van der Waals surface area (Å²) < 4.78 is 0. The Kier molecular flexibility index (Phi) is 7.76. The van der Waals surface area contributed by atoms with Gasteiger partial charge in [-0.2, -0.15) is 0 Å². The highest BCUT2D eigenvalue weighted by atomic mass is 35.5. The molecule has 2 aliphatic heterocycles. The molecule has 2 atom stereocenters. The van der Waals surface area contributed by atoms with E-state index in [1.807, 2.05) is 60.0 Å². The average Bonchev–Trinajstić information content (AvgIpc) is 3.46. The van der Waals surface area contributed by atoms with Crippen molar-refractivity contribution >= 4 is 57.6 Å². The number of hydrogen-bond donors (Lipinski definition) is 3. The topological polar surface area (TPSA) is 112 Å². The average molecular weight is 617 g/mol. The number of carboxylic acid groups (broad SMARTS) is 1. The van der Waals surface area contributed by atoms with E-state index in [4.69, 9.17) is 16.6 Å². The molecule has 0 bridgehead atoms. The third kappa shape index (κ3) is 5.06. The van der Waals surface area contributed by atoms with Crippen LogP contribution in [-0.4, -0.2) is 49.9 Å². The number of carbonyl (C=O) groups excluding carboxylic acids is 2. The molecule has 2 aliphatic rings. The van der Waals surface area contributed by atoms with Crippen LogP contribution in [0.2, 0.25) is 0 Å². The van der Waals surface area contributed by atoms with Gasteiger partial charge in [-0.1, -0.05) is 103 Å². The van der Waals surface area contributed by atoms with Crippen LogP contribution in [0.3, 0.4) is 0 Å². The summed E-state index contributed by atoms with van der Waals surface area (Å²) in [6.07, 6.45) is -0.0310. The number of aromatic nitrogens is 1. The Labute approximate surface area is 255 Å². The number of amides is 2. The second kappa shape index (κ2) is 11.6. The van der Waals surface area contributed by atoms with Gasteiger partial charge in [-0.15, -0.1) is 23.1 Å². The van der Waals surface area contributed by atoms with Gasteiger partial charge in [-0.3, -0.25) is 14.5 Å². The molecule has 0 aliphatic carbocycles. The first-order chi connectivity index (χ1) is 20.4. The summed E-state index contributed by atoms with van der Waals surface area (Å²) in [5, 5.41) is 18.0. The van der Waals surface area contributed by atoms with Crippen molar-refractivity contribution < 1.29 is 19.5 Å². The number of β-lactam (4-membered cyclic amide) rings is 1. The number of nitrogens with one attached hydrogen (secondary N) is 2. The second-order valence-electron chi connectivity index (χ2n) is 9.81. The molecule has 212 valence electrons. The zero-order valence-corrected chi connectivity index (χ0v) is 24.5. The minimum absolute atomic E-state index is 0.0310. The molecule has 3 heterocycles. The predicted octanol–water partition coefficient (Wildman–Crippen LogP) is 5.02. The maximum Gasteiger partial charge on any atom is 0.353 e. The van der Waals surface area contributed by atoms with E-state index in [2.05, 4.69) is 47.0 Å². The molecule has 0 radical (unpaired) electrons. The lowest BCUT2D eigenvalue weighted by molar-refractivity contribution is -0.150. The standard InChI is InChI=1S/C31H25ClN4O4S2/c32-23-18-41-28-25(27(38)36(28)26(23)29(39)40)34-24(37)16-22-17-42-30(33-22)35-31(19-10-4-1-5-11-19,20-12-6-2-7-13-20)21-14-8-3-9-15-21/h1-15,17,25,28H,16,18H2,(H,33,35)(H,34,37)(H,39,40)/t25-,28+/m1/s1. The van der Waals surface area contributed by atoms with Crippen LogP contribution in [0.5, 0.6) is 0 Å². The van der Waals surface area contributed by atoms with E-state index in [1.54, 1.807) is 0 Å². The van der Waals surface area contributed by atoms with Crippen molar-refractivity contribution in [2.24, 2.45) is 0 Å². The molecule has 1 fully saturated rings. The monoisotopic (exact) mass is 616 g/mol. The van der Waals surface area contributed by atoms with Crippen molar-refractivity contribution in [1.82, 2.24) is 15.2 Å². The summed E-state index contributed by atoms with van der Waals surface area (Å²) in [6, 6.07) is 29.6. The SMILES string of the molecule is O=C(Cc1csc(NC(c2ccccc2)(c2ccccc2)c2ccccc2)n1)N[C@@H]1C(=O)N2C(C(=O)O)=C(Cl)CS[C@@H]12. The quantitative estimate of drug-likeness (QED) is 0.179. The number of thioether (sulfide) groups is 1. The van der Waals surface area contributed by atoms with Crippen molar-refractivity contribution in [2.75, 3.05) is 11.1 Å². The molecule has 1 aromatic heterocycles. The van der Waals surface area contributed by atoms with Gasteiger partial charge in [0.05, 0.1) is 17.1 Å². The minimum atomic E-state index is -1.26. The fourth-order valence-corrected chi connectivity index (χ4v) is 7.67. The lowest BCUT2D eigenvalue weighted by atomic mass is 9.77. The number of benzene rings is 3. The Hall–Kier alpha value is -4.12. The maximum absolute atomic E-state index is 13.0. The molecule has 6 rings (SSSR count). The number of halogens is 1. The van der Waals surface area contributed by atoms with Crippen molar-refractivity contribution in [3.05, 3.63) is 129 Å². The number of aliphatic carboxylic acids is 1. The van der Waals surface area contributed by atoms with Crippen molar-refractivity contribution in [2.45, 2.75) is 23.4 Å². The summed E-state index contributed by atoms with van der Waals surface area (Å²) in [5.74, 6) is -1.86. The number of anilines is 1. The van der Waals surface area contributed by atoms with E-state index in [0.717, 1.165) is 21.6 Å². The van der Waals surface area contributed by atoms with Crippen LogP contribution in [0.4, 0.5) is 5.13 Å². The Bertz CT molecular complexity index is 1570. The van der Waals surface area contributed by atoms with E-state index in [9.17, 15) is 19.5 Å². The van der Waals surface area contributed by atoms with Gasteiger partial charge in [-0.05, 0) is 16.7 Å². The first kappa shape index (κ1) is 28.0. The number of fused-ring (bicyclic) bond motifs is 1. The normalized spacial score (nSPS) is 18.2. The lowest BCUT2D eigenvalue weighted by Gasteiger charge is -2.48. The molecule has 2 amide bonds. The van der Waals surface area contributed by atoms with Gasteiger partial charge in [0.2, 0.25) is 5.91 Å². The number of carboxylic acids is 1. The van der Waals surface area contributed by atoms with Crippen LogP contribution in [-0.2, 0) is 26.3 Å². The molecule has 3 aromatic carbocycles.